The maximum atomic E-state index is 15.4. The number of methoxy groups -OCH3 is 3. The molecular formula is C32H28FN5O5. The normalized spacial score (nSPS) is 10.9. The standard InChI is InChI=1S/C32H28FN5O5/c1-40-13-12-38-28-17-22(31(39)42-3)7-9-27(28)36-30(38)16-20-5-8-24(25(33)14-20)26-10-11-35-32(37-26)43-19-23-6-4-21(18-34)15-29(23)41-2/h4-11,14-15,17H,12-13,16,19H2,1-3H3. The van der Waals surface area contributed by atoms with Crippen LogP contribution in [0.4, 0.5) is 4.39 Å². The van der Waals surface area contributed by atoms with E-state index in [0.717, 1.165) is 5.52 Å². The number of fused-ring (bicyclic) bond motifs is 1. The first-order chi connectivity index (χ1) is 20.9. The summed E-state index contributed by atoms with van der Waals surface area (Å²) in [5.74, 6) is 0.324. The number of hydrogen-bond acceptors (Lipinski definition) is 9. The lowest BCUT2D eigenvalue weighted by Gasteiger charge is -2.11. The van der Waals surface area contributed by atoms with Crippen molar-refractivity contribution in [2.24, 2.45) is 0 Å². The van der Waals surface area contributed by atoms with Gasteiger partial charge >= 0.3 is 12.0 Å². The number of esters is 1. The van der Waals surface area contributed by atoms with Crippen molar-refractivity contribution >= 4 is 17.0 Å². The van der Waals surface area contributed by atoms with Crippen LogP contribution in [0.25, 0.3) is 22.3 Å². The molecule has 43 heavy (non-hydrogen) atoms. The Morgan fingerprint density at radius 1 is 1.02 bits per heavy atom. The highest BCUT2D eigenvalue weighted by Crippen LogP contribution is 2.27. The first-order valence-corrected chi connectivity index (χ1v) is 13.3. The summed E-state index contributed by atoms with van der Waals surface area (Å²) in [6.07, 6.45) is 1.86. The second kappa shape index (κ2) is 13.1. The Hall–Kier alpha value is -5.34. The molecule has 218 valence electrons. The number of aromatic nitrogens is 4. The molecule has 10 nitrogen and oxygen atoms in total. The minimum absolute atomic E-state index is 0.0746. The molecule has 0 amide bonds. The van der Waals surface area contributed by atoms with Gasteiger partial charge in [0, 0.05) is 37.4 Å². The average Bonchev–Trinajstić information content (AvgIpc) is 3.38. The number of ether oxygens (including phenoxy) is 4. The van der Waals surface area contributed by atoms with Crippen molar-refractivity contribution in [3.63, 3.8) is 0 Å². The van der Waals surface area contributed by atoms with Crippen LogP contribution in [0.15, 0.2) is 66.9 Å². The van der Waals surface area contributed by atoms with Crippen LogP contribution < -0.4 is 9.47 Å². The zero-order valence-corrected chi connectivity index (χ0v) is 23.8. The van der Waals surface area contributed by atoms with Gasteiger partial charge in [0.15, 0.2) is 0 Å². The molecule has 0 bridgehead atoms. The Kier molecular flexibility index (Phi) is 8.88. The van der Waals surface area contributed by atoms with Crippen LogP contribution >= 0.6 is 0 Å². The van der Waals surface area contributed by atoms with Crippen LogP contribution in [0, 0.1) is 17.1 Å². The van der Waals surface area contributed by atoms with Crippen LogP contribution in [0.2, 0.25) is 0 Å². The number of carbonyl (C=O) groups is 1. The van der Waals surface area contributed by atoms with Crippen LogP contribution in [-0.4, -0.2) is 53.4 Å². The SMILES string of the molecule is COCCn1c(Cc2ccc(-c3ccnc(OCc4ccc(C#N)cc4OC)n3)c(F)c2)nc2ccc(C(=O)OC)cc21. The summed E-state index contributed by atoms with van der Waals surface area (Å²) in [5, 5.41) is 9.11. The Morgan fingerprint density at radius 3 is 2.63 bits per heavy atom. The van der Waals surface area contributed by atoms with Crippen molar-refractivity contribution in [1.82, 2.24) is 19.5 Å². The molecule has 0 aliphatic heterocycles. The summed E-state index contributed by atoms with van der Waals surface area (Å²) in [7, 11) is 4.46. The van der Waals surface area contributed by atoms with Gasteiger partial charge in [-0.15, -0.1) is 0 Å². The molecule has 0 unspecified atom stereocenters. The molecule has 0 N–H and O–H groups in total. The van der Waals surface area contributed by atoms with Crippen molar-refractivity contribution in [3.05, 3.63) is 101 Å². The van der Waals surface area contributed by atoms with E-state index in [-0.39, 0.29) is 12.6 Å². The van der Waals surface area contributed by atoms with Gasteiger partial charge in [-0.05, 0) is 54.1 Å². The van der Waals surface area contributed by atoms with Crippen LogP contribution in [0.5, 0.6) is 11.8 Å². The maximum absolute atomic E-state index is 15.4. The fraction of sp³-hybridized carbons (Fsp3) is 0.219. The van der Waals surface area contributed by atoms with Crippen molar-refractivity contribution in [3.8, 4) is 29.1 Å². The fourth-order valence-electron chi connectivity index (χ4n) is 4.68. The van der Waals surface area contributed by atoms with E-state index in [9.17, 15) is 4.79 Å². The van der Waals surface area contributed by atoms with Crippen molar-refractivity contribution < 1.29 is 28.1 Å². The molecule has 3 aromatic carbocycles. The van der Waals surface area contributed by atoms with Gasteiger partial charge in [-0.3, -0.25) is 0 Å². The van der Waals surface area contributed by atoms with E-state index < -0.39 is 11.8 Å². The first kappa shape index (κ1) is 29.2. The lowest BCUT2D eigenvalue weighted by Crippen LogP contribution is -2.09. The second-order valence-corrected chi connectivity index (χ2v) is 9.51. The lowest BCUT2D eigenvalue weighted by molar-refractivity contribution is 0.0601. The monoisotopic (exact) mass is 581 g/mol. The zero-order valence-electron chi connectivity index (χ0n) is 23.8. The number of rotatable bonds is 11. The van der Waals surface area contributed by atoms with Crippen molar-refractivity contribution in [1.29, 1.82) is 5.26 Å². The maximum Gasteiger partial charge on any atom is 0.337 e. The molecule has 0 aliphatic rings. The van der Waals surface area contributed by atoms with E-state index in [1.165, 1.54) is 26.5 Å². The minimum atomic E-state index is -0.455. The fourth-order valence-corrected chi connectivity index (χ4v) is 4.68. The predicted molar refractivity (Wildman–Crippen MR) is 155 cm³/mol. The minimum Gasteiger partial charge on any atom is -0.496 e. The summed E-state index contributed by atoms with van der Waals surface area (Å²) >= 11 is 0. The average molecular weight is 582 g/mol. The third-order valence-electron chi connectivity index (χ3n) is 6.85. The Labute approximate surface area is 247 Å². The third kappa shape index (κ3) is 6.45. The van der Waals surface area contributed by atoms with Gasteiger partial charge < -0.3 is 23.5 Å². The summed E-state index contributed by atoms with van der Waals surface area (Å²) in [6.45, 7) is 1.04. The van der Waals surface area contributed by atoms with Gasteiger partial charge in [0.25, 0.3) is 0 Å². The van der Waals surface area contributed by atoms with E-state index >= 15 is 4.39 Å². The van der Waals surface area contributed by atoms with Gasteiger partial charge in [-0.25, -0.2) is 19.2 Å². The molecule has 5 rings (SSSR count). The molecule has 0 spiro atoms. The van der Waals surface area contributed by atoms with Crippen LogP contribution in [-0.2, 0) is 29.0 Å². The van der Waals surface area contributed by atoms with Crippen LogP contribution in [0.1, 0.15) is 32.9 Å². The number of nitrogens with zero attached hydrogens (tertiary/aromatic N) is 5. The van der Waals surface area contributed by atoms with E-state index in [2.05, 4.69) is 16.0 Å². The summed E-state index contributed by atoms with van der Waals surface area (Å²) in [4.78, 5) is 25.4. The third-order valence-corrected chi connectivity index (χ3v) is 6.85. The topological polar surface area (TPSA) is 121 Å². The summed E-state index contributed by atoms with van der Waals surface area (Å²) in [5.41, 5.74) is 4.44. The lowest BCUT2D eigenvalue weighted by atomic mass is 10.1. The largest absolute Gasteiger partial charge is 0.496 e. The molecular weight excluding hydrogens is 553 g/mol. The Morgan fingerprint density at radius 2 is 1.88 bits per heavy atom. The molecule has 0 atom stereocenters. The number of nitriles is 1. The molecule has 2 heterocycles. The molecule has 11 heteroatoms. The Balaban J connectivity index is 1.36. The van der Waals surface area contributed by atoms with Crippen LogP contribution in [0.3, 0.4) is 0 Å². The first-order valence-electron chi connectivity index (χ1n) is 13.3. The number of benzene rings is 3. The number of carbonyl (C=O) groups excluding carboxylic acids is 1. The molecule has 0 saturated heterocycles. The second-order valence-electron chi connectivity index (χ2n) is 9.51. The predicted octanol–water partition coefficient (Wildman–Crippen LogP) is 5.12. The number of hydrogen-bond donors (Lipinski definition) is 0. The van der Waals surface area contributed by atoms with Gasteiger partial charge in [-0.2, -0.15) is 10.2 Å². The molecule has 5 aromatic rings. The summed E-state index contributed by atoms with van der Waals surface area (Å²) in [6, 6.07) is 18.9. The molecule has 0 fully saturated rings. The van der Waals surface area contributed by atoms with Gasteiger partial charge in [0.1, 0.15) is 24.0 Å². The van der Waals surface area contributed by atoms with E-state index in [4.69, 9.17) is 29.2 Å². The molecule has 2 aromatic heterocycles. The Bertz CT molecular complexity index is 1830. The highest BCUT2D eigenvalue weighted by molar-refractivity contribution is 5.93. The zero-order chi connectivity index (χ0) is 30.3. The van der Waals surface area contributed by atoms with Crippen molar-refractivity contribution in [2.45, 2.75) is 19.6 Å². The number of imidazole rings is 1. The quantitative estimate of drug-likeness (QED) is 0.196. The van der Waals surface area contributed by atoms with Gasteiger partial charge in [0.2, 0.25) is 0 Å². The smallest absolute Gasteiger partial charge is 0.337 e. The van der Waals surface area contributed by atoms with Gasteiger partial charge in [0.05, 0.1) is 54.7 Å². The van der Waals surface area contributed by atoms with Gasteiger partial charge in [-0.1, -0.05) is 12.1 Å². The van der Waals surface area contributed by atoms with E-state index in [1.807, 2.05) is 10.6 Å². The van der Waals surface area contributed by atoms with Crippen molar-refractivity contribution in [2.75, 3.05) is 27.9 Å². The van der Waals surface area contributed by atoms with E-state index in [0.29, 0.717) is 70.2 Å². The molecule has 0 aliphatic carbocycles. The number of halogens is 1. The molecule has 0 radical (unpaired) electrons. The molecule has 0 saturated carbocycles. The highest BCUT2D eigenvalue weighted by atomic mass is 19.1. The highest BCUT2D eigenvalue weighted by Gasteiger charge is 2.16. The summed E-state index contributed by atoms with van der Waals surface area (Å²) < 4.78 is 38.7. The van der Waals surface area contributed by atoms with E-state index in [1.54, 1.807) is 55.6 Å².